The normalized spacial score (nSPS) is 16.7. The van der Waals surface area contributed by atoms with Gasteiger partial charge in [-0.15, -0.1) is 0 Å². The lowest BCUT2D eigenvalue weighted by molar-refractivity contribution is 0.529. The molecule has 0 spiro atoms. The molecule has 1 atom stereocenters. The number of sulfone groups is 1. The molecule has 7 heteroatoms. The fourth-order valence-corrected chi connectivity index (χ4v) is 4.55. The Morgan fingerprint density at radius 1 is 0.875 bits per heavy atom. The van der Waals surface area contributed by atoms with Crippen LogP contribution >= 0.6 is 0 Å². The predicted molar refractivity (Wildman–Crippen MR) is 91.8 cm³/mol. The number of benzene rings is 2. The number of nitrogens with one attached hydrogen (secondary N) is 1. The van der Waals surface area contributed by atoms with E-state index >= 15 is 0 Å². The molecule has 1 aliphatic rings. The summed E-state index contributed by atoms with van der Waals surface area (Å²) in [4.78, 5) is 0.166. The lowest BCUT2D eigenvalue weighted by Gasteiger charge is -2.19. The van der Waals surface area contributed by atoms with Gasteiger partial charge in [0.1, 0.15) is 0 Å². The zero-order chi connectivity index (χ0) is 17.4. The molecule has 0 unspecified atom stereocenters. The Morgan fingerprint density at radius 3 is 1.92 bits per heavy atom. The predicted octanol–water partition coefficient (Wildman–Crippen LogP) is 2.52. The summed E-state index contributed by atoms with van der Waals surface area (Å²) in [6, 6.07) is 14.5. The Bertz CT molecular complexity index is 916. The molecular weight excluding hydrogens is 346 g/mol. The average Bonchev–Trinajstić information content (AvgIpc) is 3.38. The van der Waals surface area contributed by atoms with Crippen molar-refractivity contribution in [2.24, 2.45) is 5.92 Å². The van der Waals surface area contributed by atoms with Crippen molar-refractivity contribution in [1.29, 1.82) is 0 Å². The van der Waals surface area contributed by atoms with Crippen molar-refractivity contribution in [3.8, 4) is 0 Å². The van der Waals surface area contributed by atoms with E-state index in [4.69, 9.17) is 0 Å². The Hall–Kier alpha value is -1.70. The Labute approximate surface area is 142 Å². The van der Waals surface area contributed by atoms with Crippen LogP contribution in [0.3, 0.4) is 0 Å². The van der Waals surface area contributed by atoms with E-state index in [1.165, 1.54) is 24.3 Å². The second-order valence-corrected chi connectivity index (χ2v) is 9.82. The maximum absolute atomic E-state index is 12.6. The third-order valence-electron chi connectivity index (χ3n) is 4.10. The van der Waals surface area contributed by atoms with Crippen LogP contribution in [0, 0.1) is 5.92 Å². The molecule has 24 heavy (non-hydrogen) atoms. The molecule has 2 aromatic rings. The topological polar surface area (TPSA) is 80.3 Å². The highest BCUT2D eigenvalue weighted by Gasteiger charge is 2.35. The van der Waals surface area contributed by atoms with Crippen LogP contribution in [0.25, 0.3) is 0 Å². The molecule has 1 saturated carbocycles. The molecule has 1 N–H and O–H groups in total. The highest BCUT2D eigenvalue weighted by atomic mass is 32.2. The van der Waals surface area contributed by atoms with E-state index in [1.54, 1.807) is 0 Å². The summed E-state index contributed by atoms with van der Waals surface area (Å²) < 4.78 is 51.0. The molecule has 0 heterocycles. The highest BCUT2D eigenvalue weighted by Crippen LogP contribution is 2.41. The molecule has 0 aliphatic heterocycles. The van der Waals surface area contributed by atoms with Crippen molar-refractivity contribution in [3.63, 3.8) is 0 Å². The zero-order valence-corrected chi connectivity index (χ0v) is 14.8. The largest absolute Gasteiger partial charge is 0.241 e. The molecule has 0 saturated heterocycles. The molecule has 0 aromatic heterocycles. The van der Waals surface area contributed by atoms with Gasteiger partial charge in [-0.05, 0) is 48.6 Å². The summed E-state index contributed by atoms with van der Waals surface area (Å²) in [5, 5.41) is 0. The molecule has 5 nitrogen and oxygen atoms in total. The number of hydrogen-bond acceptors (Lipinski definition) is 4. The van der Waals surface area contributed by atoms with Crippen LogP contribution in [0.15, 0.2) is 64.4 Å². The average molecular weight is 365 g/mol. The van der Waals surface area contributed by atoms with Gasteiger partial charge < -0.3 is 0 Å². The van der Waals surface area contributed by atoms with Gasteiger partial charge in [-0.3, -0.25) is 0 Å². The van der Waals surface area contributed by atoms with E-state index in [2.05, 4.69) is 4.72 Å². The zero-order valence-electron chi connectivity index (χ0n) is 13.2. The van der Waals surface area contributed by atoms with E-state index in [1.807, 2.05) is 30.3 Å². The molecule has 1 aliphatic carbocycles. The van der Waals surface area contributed by atoms with Gasteiger partial charge in [0.2, 0.25) is 10.0 Å². The lowest BCUT2D eigenvalue weighted by atomic mass is 10.0. The van der Waals surface area contributed by atoms with Gasteiger partial charge in [-0.2, -0.15) is 0 Å². The Morgan fingerprint density at radius 2 is 1.42 bits per heavy atom. The van der Waals surface area contributed by atoms with Crippen LogP contribution < -0.4 is 4.72 Å². The molecule has 3 rings (SSSR count). The molecule has 0 amide bonds. The van der Waals surface area contributed by atoms with Crippen molar-refractivity contribution in [2.75, 3.05) is 6.26 Å². The minimum absolute atomic E-state index is 0.0662. The summed E-state index contributed by atoms with van der Waals surface area (Å²) in [5.74, 6) is 0.303. The smallest absolute Gasteiger partial charge is 0.224 e. The van der Waals surface area contributed by atoms with Gasteiger partial charge in [0.05, 0.1) is 9.79 Å². The Kier molecular flexibility index (Phi) is 4.50. The number of hydrogen-bond donors (Lipinski definition) is 1. The minimum Gasteiger partial charge on any atom is -0.224 e. The van der Waals surface area contributed by atoms with E-state index < -0.39 is 19.9 Å². The van der Waals surface area contributed by atoms with Crippen LogP contribution in [0.1, 0.15) is 24.4 Å². The summed E-state index contributed by atoms with van der Waals surface area (Å²) in [7, 11) is -7.07. The van der Waals surface area contributed by atoms with Crippen molar-refractivity contribution < 1.29 is 16.8 Å². The standard InChI is InChI=1S/C17H19NO4S2/c1-23(19,20)15-9-11-16(12-10-15)24(21,22)18-17(14-7-8-14)13-5-3-2-4-6-13/h2-6,9-12,14,17-18H,7-8H2,1H3/t17-/m0/s1. The van der Waals surface area contributed by atoms with Gasteiger partial charge in [-0.1, -0.05) is 30.3 Å². The van der Waals surface area contributed by atoms with Crippen molar-refractivity contribution >= 4 is 19.9 Å². The monoisotopic (exact) mass is 365 g/mol. The first-order valence-electron chi connectivity index (χ1n) is 7.65. The van der Waals surface area contributed by atoms with E-state index in [-0.39, 0.29) is 15.8 Å². The lowest BCUT2D eigenvalue weighted by Crippen LogP contribution is -2.30. The first-order valence-corrected chi connectivity index (χ1v) is 11.0. The first-order chi connectivity index (χ1) is 11.3. The van der Waals surface area contributed by atoms with Crippen molar-refractivity contribution in [1.82, 2.24) is 4.72 Å². The summed E-state index contributed by atoms with van der Waals surface area (Å²) in [6.07, 6.45) is 3.08. The fourth-order valence-electron chi connectivity index (χ4n) is 2.63. The molecule has 0 bridgehead atoms. The van der Waals surface area contributed by atoms with E-state index in [0.29, 0.717) is 5.92 Å². The van der Waals surface area contributed by atoms with Gasteiger partial charge in [0, 0.05) is 12.3 Å². The summed E-state index contributed by atoms with van der Waals surface area (Å²) in [6.45, 7) is 0. The number of sulfonamides is 1. The van der Waals surface area contributed by atoms with Crippen LogP contribution in [0.5, 0.6) is 0 Å². The highest BCUT2D eigenvalue weighted by molar-refractivity contribution is 7.90. The minimum atomic E-state index is -3.72. The van der Waals surface area contributed by atoms with E-state index in [9.17, 15) is 16.8 Å². The summed E-state index contributed by atoms with van der Waals surface area (Å²) in [5.41, 5.74) is 0.941. The third kappa shape index (κ3) is 3.85. The maximum atomic E-state index is 12.6. The van der Waals surface area contributed by atoms with E-state index in [0.717, 1.165) is 24.7 Å². The van der Waals surface area contributed by atoms with Crippen LogP contribution in [0.4, 0.5) is 0 Å². The van der Waals surface area contributed by atoms with Crippen molar-refractivity contribution in [2.45, 2.75) is 28.7 Å². The second-order valence-electron chi connectivity index (χ2n) is 6.09. The van der Waals surface area contributed by atoms with Gasteiger partial charge >= 0.3 is 0 Å². The second kappa shape index (κ2) is 6.31. The summed E-state index contributed by atoms with van der Waals surface area (Å²) >= 11 is 0. The number of rotatable bonds is 6. The fraction of sp³-hybridized carbons (Fsp3) is 0.294. The maximum Gasteiger partial charge on any atom is 0.241 e. The first kappa shape index (κ1) is 17.1. The molecule has 0 radical (unpaired) electrons. The molecule has 1 fully saturated rings. The molecule has 2 aromatic carbocycles. The van der Waals surface area contributed by atoms with Crippen LogP contribution in [0.2, 0.25) is 0 Å². The van der Waals surface area contributed by atoms with Gasteiger partial charge in [0.25, 0.3) is 0 Å². The van der Waals surface area contributed by atoms with Crippen molar-refractivity contribution in [3.05, 3.63) is 60.2 Å². The van der Waals surface area contributed by atoms with Crippen LogP contribution in [-0.2, 0) is 19.9 Å². The molecular formula is C17H19NO4S2. The Balaban J connectivity index is 1.87. The van der Waals surface area contributed by atoms with Gasteiger partial charge in [0.15, 0.2) is 9.84 Å². The van der Waals surface area contributed by atoms with Gasteiger partial charge in [-0.25, -0.2) is 21.6 Å². The SMILES string of the molecule is CS(=O)(=O)c1ccc(S(=O)(=O)N[C@@H](c2ccccc2)C2CC2)cc1. The third-order valence-corrected chi connectivity index (χ3v) is 6.68. The molecule has 128 valence electrons. The van der Waals surface area contributed by atoms with Crippen LogP contribution in [-0.4, -0.2) is 23.1 Å². The quantitative estimate of drug-likeness (QED) is 0.853.